The van der Waals surface area contributed by atoms with Gasteiger partial charge >= 0.3 is 0 Å². The van der Waals surface area contributed by atoms with Crippen LogP contribution in [-0.4, -0.2) is 22.9 Å². The SMILES string of the molecule is CCC(C)N(C)Cc1cc([N+](=O)[O-])ccc1N. The molecule has 0 aliphatic rings. The van der Waals surface area contributed by atoms with Crippen LogP contribution < -0.4 is 5.73 Å². The first-order valence-corrected chi connectivity index (χ1v) is 5.68. The van der Waals surface area contributed by atoms with Gasteiger partial charge in [0, 0.05) is 30.4 Å². The summed E-state index contributed by atoms with van der Waals surface area (Å²) in [5.41, 5.74) is 7.33. The number of anilines is 1. The maximum Gasteiger partial charge on any atom is 0.269 e. The Morgan fingerprint density at radius 1 is 1.53 bits per heavy atom. The molecule has 17 heavy (non-hydrogen) atoms. The number of hydrogen-bond acceptors (Lipinski definition) is 4. The molecular formula is C12H19N3O2. The van der Waals surface area contributed by atoms with Crippen molar-refractivity contribution in [3.05, 3.63) is 33.9 Å². The van der Waals surface area contributed by atoms with E-state index in [9.17, 15) is 10.1 Å². The summed E-state index contributed by atoms with van der Waals surface area (Å²) >= 11 is 0. The standard InChI is InChI=1S/C12H19N3O2/c1-4-9(2)14(3)8-10-7-11(15(16)17)5-6-12(10)13/h5-7,9H,4,8,13H2,1-3H3. The molecule has 0 aliphatic carbocycles. The Hall–Kier alpha value is -1.62. The van der Waals surface area contributed by atoms with Gasteiger partial charge in [0.1, 0.15) is 0 Å². The average Bonchev–Trinajstić information content (AvgIpc) is 2.30. The third-order valence-corrected chi connectivity index (χ3v) is 3.10. The number of nitro benzene ring substituents is 1. The minimum atomic E-state index is -0.397. The molecule has 1 aromatic carbocycles. The molecule has 0 saturated carbocycles. The Morgan fingerprint density at radius 2 is 2.18 bits per heavy atom. The van der Waals surface area contributed by atoms with Crippen molar-refractivity contribution in [3.8, 4) is 0 Å². The number of nitrogens with zero attached hydrogens (tertiary/aromatic N) is 2. The van der Waals surface area contributed by atoms with Gasteiger partial charge in [-0.15, -0.1) is 0 Å². The maximum absolute atomic E-state index is 10.7. The molecule has 1 unspecified atom stereocenters. The van der Waals surface area contributed by atoms with Gasteiger partial charge in [-0.2, -0.15) is 0 Å². The summed E-state index contributed by atoms with van der Waals surface area (Å²) in [6.45, 7) is 4.86. The zero-order valence-corrected chi connectivity index (χ0v) is 10.5. The summed E-state index contributed by atoms with van der Waals surface area (Å²) in [6, 6.07) is 5.00. The van der Waals surface area contributed by atoms with Gasteiger partial charge in [0.2, 0.25) is 0 Å². The number of hydrogen-bond donors (Lipinski definition) is 1. The lowest BCUT2D eigenvalue weighted by Gasteiger charge is -2.23. The minimum absolute atomic E-state index is 0.0896. The molecule has 0 radical (unpaired) electrons. The molecule has 0 spiro atoms. The number of nitro groups is 1. The smallest absolute Gasteiger partial charge is 0.269 e. The highest BCUT2D eigenvalue weighted by Gasteiger charge is 2.13. The summed E-state index contributed by atoms with van der Waals surface area (Å²) in [4.78, 5) is 12.4. The van der Waals surface area contributed by atoms with Crippen LogP contribution in [0.5, 0.6) is 0 Å². The monoisotopic (exact) mass is 237 g/mol. The lowest BCUT2D eigenvalue weighted by Crippen LogP contribution is -2.28. The van der Waals surface area contributed by atoms with E-state index < -0.39 is 4.92 Å². The molecule has 0 aliphatic heterocycles. The van der Waals surface area contributed by atoms with Crippen LogP contribution in [0.1, 0.15) is 25.8 Å². The fourth-order valence-electron chi connectivity index (χ4n) is 1.58. The Kier molecular flexibility index (Phi) is 4.45. The first-order valence-electron chi connectivity index (χ1n) is 5.68. The van der Waals surface area contributed by atoms with E-state index in [4.69, 9.17) is 5.73 Å². The molecule has 5 heteroatoms. The Balaban J connectivity index is 2.89. The van der Waals surface area contributed by atoms with Crippen molar-refractivity contribution in [1.29, 1.82) is 0 Å². The van der Waals surface area contributed by atoms with E-state index in [-0.39, 0.29) is 5.69 Å². The van der Waals surface area contributed by atoms with Crippen LogP contribution in [0.25, 0.3) is 0 Å². The molecular weight excluding hydrogens is 218 g/mol. The Bertz CT molecular complexity index is 407. The van der Waals surface area contributed by atoms with Crippen molar-refractivity contribution in [2.24, 2.45) is 0 Å². The van der Waals surface area contributed by atoms with Gasteiger partial charge in [0.15, 0.2) is 0 Å². The molecule has 0 bridgehead atoms. The molecule has 5 nitrogen and oxygen atoms in total. The van der Waals surface area contributed by atoms with Crippen molar-refractivity contribution >= 4 is 11.4 Å². The van der Waals surface area contributed by atoms with Crippen molar-refractivity contribution in [1.82, 2.24) is 4.90 Å². The molecule has 0 heterocycles. The Morgan fingerprint density at radius 3 is 2.71 bits per heavy atom. The van der Waals surface area contributed by atoms with Crippen LogP contribution in [0.3, 0.4) is 0 Å². The second kappa shape index (κ2) is 5.63. The maximum atomic E-state index is 10.7. The highest BCUT2D eigenvalue weighted by atomic mass is 16.6. The fourth-order valence-corrected chi connectivity index (χ4v) is 1.58. The predicted octanol–water partition coefficient (Wildman–Crippen LogP) is 2.41. The van der Waals surface area contributed by atoms with Crippen LogP contribution >= 0.6 is 0 Å². The van der Waals surface area contributed by atoms with E-state index in [2.05, 4.69) is 18.7 Å². The van der Waals surface area contributed by atoms with E-state index in [1.54, 1.807) is 12.1 Å². The summed E-state index contributed by atoms with van der Waals surface area (Å²) in [6.07, 6.45) is 1.03. The third kappa shape index (κ3) is 3.42. The second-order valence-electron chi connectivity index (χ2n) is 4.31. The summed E-state index contributed by atoms with van der Waals surface area (Å²) < 4.78 is 0. The van der Waals surface area contributed by atoms with E-state index in [0.29, 0.717) is 18.3 Å². The van der Waals surface area contributed by atoms with Gasteiger partial charge in [-0.05, 0) is 32.0 Å². The normalized spacial score (nSPS) is 12.7. The van der Waals surface area contributed by atoms with Crippen molar-refractivity contribution in [2.45, 2.75) is 32.9 Å². The molecule has 0 fully saturated rings. The predicted molar refractivity (Wildman–Crippen MR) is 68.7 cm³/mol. The molecule has 2 N–H and O–H groups in total. The van der Waals surface area contributed by atoms with Crippen LogP contribution in [0.2, 0.25) is 0 Å². The molecule has 1 aromatic rings. The average molecular weight is 237 g/mol. The highest BCUT2D eigenvalue weighted by molar-refractivity contribution is 5.52. The number of nitrogens with two attached hydrogens (primary N) is 1. The van der Waals surface area contributed by atoms with Crippen LogP contribution in [-0.2, 0) is 6.54 Å². The lowest BCUT2D eigenvalue weighted by molar-refractivity contribution is -0.384. The van der Waals surface area contributed by atoms with Crippen molar-refractivity contribution < 1.29 is 4.92 Å². The van der Waals surface area contributed by atoms with E-state index in [0.717, 1.165) is 12.0 Å². The minimum Gasteiger partial charge on any atom is -0.398 e. The van der Waals surface area contributed by atoms with Crippen LogP contribution in [0, 0.1) is 10.1 Å². The van der Waals surface area contributed by atoms with Crippen molar-refractivity contribution in [3.63, 3.8) is 0 Å². The topological polar surface area (TPSA) is 72.4 Å². The third-order valence-electron chi connectivity index (χ3n) is 3.10. The van der Waals surface area contributed by atoms with Crippen LogP contribution in [0.4, 0.5) is 11.4 Å². The summed E-state index contributed by atoms with van der Waals surface area (Å²) in [5, 5.41) is 10.7. The summed E-state index contributed by atoms with van der Waals surface area (Å²) in [5.74, 6) is 0. The summed E-state index contributed by atoms with van der Waals surface area (Å²) in [7, 11) is 1.99. The molecule has 1 atom stereocenters. The van der Waals surface area contributed by atoms with Gasteiger partial charge in [0.25, 0.3) is 5.69 Å². The molecule has 1 rings (SSSR count). The van der Waals surface area contributed by atoms with E-state index in [1.165, 1.54) is 6.07 Å². The largest absolute Gasteiger partial charge is 0.398 e. The second-order valence-corrected chi connectivity index (χ2v) is 4.31. The fraction of sp³-hybridized carbons (Fsp3) is 0.500. The lowest BCUT2D eigenvalue weighted by atomic mass is 10.1. The number of rotatable bonds is 5. The van der Waals surface area contributed by atoms with Gasteiger partial charge in [-0.3, -0.25) is 15.0 Å². The zero-order chi connectivity index (χ0) is 13.0. The van der Waals surface area contributed by atoms with Gasteiger partial charge in [0.05, 0.1) is 4.92 Å². The van der Waals surface area contributed by atoms with Crippen molar-refractivity contribution in [2.75, 3.05) is 12.8 Å². The molecule has 0 saturated heterocycles. The van der Waals surface area contributed by atoms with E-state index in [1.807, 2.05) is 7.05 Å². The number of non-ortho nitro benzene ring substituents is 1. The molecule has 94 valence electrons. The van der Waals surface area contributed by atoms with Gasteiger partial charge in [-0.25, -0.2) is 0 Å². The molecule has 0 aromatic heterocycles. The number of benzene rings is 1. The van der Waals surface area contributed by atoms with Gasteiger partial charge < -0.3 is 5.73 Å². The van der Waals surface area contributed by atoms with E-state index >= 15 is 0 Å². The van der Waals surface area contributed by atoms with Gasteiger partial charge in [-0.1, -0.05) is 6.92 Å². The highest BCUT2D eigenvalue weighted by Crippen LogP contribution is 2.21. The quantitative estimate of drug-likeness (QED) is 0.485. The first-order chi connectivity index (χ1) is 7.95. The Labute approximate surface area is 101 Å². The molecule has 0 amide bonds. The first kappa shape index (κ1) is 13.4. The zero-order valence-electron chi connectivity index (χ0n) is 10.5. The number of nitrogen functional groups attached to an aromatic ring is 1. The van der Waals surface area contributed by atoms with Crippen LogP contribution in [0.15, 0.2) is 18.2 Å².